The van der Waals surface area contributed by atoms with Gasteiger partial charge in [-0.1, -0.05) is 20.8 Å². The van der Waals surface area contributed by atoms with Crippen molar-refractivity contribution in [2.45, 2.75) is 78.0 Å². The van der Waals surface area contributed by atoms with E-state index in [2.05, 4.69) is 0 Å². The van der Waals surface area contributed by atoms with Gasteiger partial charge in [-0.05, 0) is 25.0 Å². The van der Waals surface area contributed by atoms with E-state index in [-0.39, 0.29) is 37.1 Å². The molecule has 0 aromatic carbocycles. The topological polar surface area (TPSA) is 126 Å². The minimum atomic E-state index is -1.42. The quantitative estimate of drug-likeness (QED) is 0.253. The lowest BCUT2D eigenvalue weighted by atomic mass is 9.81. The van der Waals surface area contributed by atoms with E-state index in [0.29, 0.717) is 25.2 Å². The Kier molecular flexibility index (Phi) is 11.1. The maximum Gasteiger partial charge on any atom is 0.306 e. The molecule has 4 atom stereocenters. The third-order valence-corrected chi connectivity index (χ3v) is 6.58. The Hall–Kier alpha value is -1.32. The Morgan fingerprint density at radius 2 is 2.03 bits per heavy atom. The second-order valence-electron chi connectivity index (χ2n) is 8.67. The second kappa shape index (κ2) is 12.5. The van der Waals surface area contributed by atoms with Gasteiger partial charge in [0.15, 0.2) is 5.78 Å². The number of hydrogen-bond acceptors (Lipinski definition) is 7. The van der Waals surface area contributed by atoms with Crippen molar-refractivity contribution in [2.24, 2.45) is 11.3 Å². The second-order valence-corrected chi connectivity index (χ2v) is 9.90. The van der Waals surface area contributed by atoms with Crippen molar-refractivity contribution in [3.63, 3.8) is 0 Å². The highest BCUT2D eigenvalue weighted by molar-refractivity contribution is 7.99. The molecule has 30 heavy (non-hydrogen) atoms. The van der Waals surface area contributed by atoms with Crippen molar-refractivity contribution in [1.82, 2.24) is 0 Å². The van der Waals surface area contributed by atoms with Gasteiger partial charge in [-0.2, -0.15) is 11.8 Å². The minimum Gasteiger partial charge on any atom is -0.506 e. The number of thioether (sulfide) groups is 1. The van der Waals surface area contributed by atoms with Crippen LogP contribution in [0.1, 0.15) is 59.8 Å². The summed E-state index contributed by atoms with van der Waals surface area (Å²) in [6.07, 6.45) is 0.527. The van der Waals surface area contributed by atoms with Gasteiger partial charge in [0, 0.05) is 36.9 Å². The Morgan fingerprint density at radius 1 is 1.37 bits per heavy atom. The molecule has 0 saturated carbocycles. The highest BCUT2D eigenvalue weighted by Gasteiger charge is 2.45. The van der Waals surface area contributed by atoms with Crippen LogP contribution in [0.4, 0.5) is 0 Å². The van der Waals surface area contributed by atoms with E-state index >= 15 is 0 Å². The molecule has 1 heterocycles. The molecule has 0 radical (unpaired) electrons. The number of esters is 1. The number of carbonyl (C=O) groups is 3. The summed E-state index contributed by atoms with van der Waals surface area (Å²) in [5.74, 6) is 0.772. The average molecular weight is 445 g/mol. The van der Waals surface area contributed by atoms with Crippen molar-refractivity contribution >= 4 is 29.3 Å². The number of ketones is 2. The highest BCUT2D eigenvalue weighted by Crippen LogP contribution is 2.27. The first kappa shape index (κ1) is 26.7. The fourth-order valence-corrected chi connectivity index (χ4v) is 4.51. The Morgan fingerprint density at radius 3 is 2.63 bits per heavy atom. The van der Waals surface area contributed by atoms with Gasteiger partial charge in [-0.3, -0.25) is 14.4 Å². The Bertz CT molecular complexity index is 625. The first-order chi connectivity index (χ1) is 14.0. The molecule has 0 aromatic rings. The lowest BCUT2D eigenvalue weighted by Crippen LogP contribution is -2.53. The number of rotatable bonds is 13. The largest absolute Gasteiger partial charge is 0.506 e. The van der Waals surface area contributed by atoms with Crippen LogP contribution in [0.5, 0.6) is 0 Å². The number of aliphatic hydroxyl groups excluding tert-OH is 2. The van der Waals surface area contributed by atoms with Crippen molar-refractivity contribution in [1.29, 1.82) is 0 Å². The lowest BCUT2D eigenvalue weighted by molar-refractivity contribution is -0.601. The number of aliphatic hydroxyl groups is 2. The van der Waals surface area contributed by atoms with Gasteiger partial charge >= 0.3 is 5.97 Å². The van der Waals surface area contributed by atoms with E-state index in [1.165, 1.54) is 0 Å². The van der Waals surface area contributed by atoms with Gasteiger partial charge in [0.2, 0.25) is 17.9 Å². The SMILES string of the molecule is CCOC(=O)CC(C)CCSCCC1C(=O)CCC(C(=O)C(O)C(C)(C)CO)[N+]1=[N-]. The molecular formula is C21H36N2O6S. The van der Waals surface area contributed by atoms with Crippen LogP contribution in [0, 0.1) is 11.3 Å². The van der Waals surface area contributed by atoms with Crippen LogP contribution in [0.3, 0.4) is 0 Å². The summed E-state index contributed by atoms with van der Waals surface area (Å²) < 4.78 is 5.74. The van der Waals surface area contributed by atoms with Crippen LogP contribution in [-0.2, 0) is 19.1 Å². The fourth-order valence-electron chi connectivity index (χ4n) is 3.35. The summed E-state index contributed by atoms with van der Waals surface area (Å²) >= 11 is 1.63. The van der Waals surface area contributed by atoms with Crippen molar-refractivity contribution < 1.29 is 34.0 Å². The summed E-state index contributed by atoms with van der Waals surface area (Å²) in [6, 6.07) is -1.73. The Balaban J connectivity index is 2.50. The van der Waals surface area contributed by atoms with E-state index < -0.39 is 29.4 Å². The highest BCUT2D eigenvalue weighted by atomic mass is 32.2. The lowest BCUT2D eigenvalue weighted by Gasteiger charge is -2.33. The van der Waals surface area contributed by atoms with Crippen LogP contribution < -0.4 is 0 Å². The van der Waals surface area contributed by atoms with Gasteiger partial charge in [0.05, 0.1) is 13.2 Å². The zero-order chi connectivity index (χ0) is 22.9. The number of ether oxygens (including phenoxy) is 1. The molecule has 8 nitrogen and oxygen atoms in total. The van der Waals surface area contributed by atoms with Gasteiger partial charge in [-0.15, -0.1) is 0 Å². The number of carbonyl (C=O) groups excluding carboxylic acids is 3. The molecule has 0 spiro atoms. The molecule has 4 unspecified atom stereocenters. The molecular weight excluding hydrogens is 408 g/mol. The smallest absolute Gasteiger partial charge is 0.306 e. The average Bonchev–Trinajstić information content (AvgIpc) is 2.68. The molecule has 9 heteroatoms. The standard InChI is InChI=1S/C21H36N2O6S/c1-5-29-18(26)12-14(2)8-10-30-11-9-15-17(25)7-6-16(23(15)22)19(27)20(28)21(3,4)13-24/h14-16,20,24,28H,5-13H2,1-4H3. The van der Waals surface area contributed by atoms with E-state index in [0.717, 1.165) is 16.9 Å². The molecule has 1 fully saturated rings. The maximum absolute atomic E-state index is 12.6. The molecule has 1 aliphatic rings. The first-order valence-corrected chi connectivity index (χ1v) is 11.8. The third-order valence-electron chi connectivity index (χ3n) is 5.53. The van der Waals surface area contributed by atoms with Crippen LogP contribution in [0.25, 0.3) is 5.53 Å². The van der Waals surface area contributed by atoms with E-state index in [9.17, 15) is 30.1 Å². The van der Waals surface area contributed by atoms with E-state index in [4.69, 9.17) is 4.74 Å². The predicted molar refractivity (Wildman–Crippen MR) is 114 cm³/mol. The zero-order valence-electron chi connectivity index (χ0n) is 18.5. The van der Waals surface area contributed by atoms with Crippen LogP contribution in [0.15, 0.2) is 0 Å². The molecule has 1 rings (SSSR count). The van der Waals surface area contributed by atoms with Crippen molar-refractivity contribution in [2.75, 3.05) is 24.7 Å². The zero-order valence-corrected chi connectivity index (χ0v) is 19.3. The molecule has 2 N–H and O–H groups in total. The molecule has 0 aromatic heterocycles. The summed E-state index contributed by atoms with van der Waals surface area (Å²) in [4.78, 5) is 36.4. The van der Waals surface area contributed by atoms with Crippen molar-refractivity contribution in [3.8, 4) is 0 Å². The molecule has 0 bridgehead atoms. The third kappa shape index (κ3) is 7.74. The van der Waals surface area contributed by atoms with Gasteiger partial charge < -0.3 is 25.2 Å². The summed E-state index contributed by atoms with van der Waals surface area (Å²) in [5, 5.41) is 19.7. The summed E-state index contributed by atoms with van der Waals surface area (Å²) in [6.45, 7) is 6.93. The molecule has 0 amide bonds. The minimum absolute atomic E-state index is 0.117. The normalized spacial score (nSPS) is 21.9. The van der Waals surface area contributed by atoms with Crippen LogP contribution in [0.2, 0.25) is 0 Å². The van der Waals surface area contributed by atoms with Crippen molar-refractivity contribution in [3.05, 3.63) is 5.53 Å². The molecule has 0 aliphatic carbocycles. The fraction of sp³-hybridized carbons (Fsp3) is 0.857. The van der Waals surface area contributed by atoms with Gasteiger partial charge in [-0.25, -0.2) is 0 Å². The molecule has 1 aliphatic heterocycles. The Labute approximate surface area is 183 Å². The predicted octanol–water partition coefficient (Wildman–Crippen LogP) is 2.17. The van der Waals surface area contributed by atoms with E-state index in [1.54, 1.807) is 32.5 Å². The van der Waals surface area contributed by atoms with Gasteiger partial charge in [0.25, 0.3) is 0 Å². The maximum atomic E-state index is 12.6. The summed E-state index contributed by atoms with van der Waals surface area (Å²) in [7, 11) is 0. The number of nitrogens with zero attached hydrogens (tertiary/aromatic N) is 2. The first-order valence-electron chi connectivity index (χ1n) is 10.6. The number of piperidine rings is 1. The molecule has 1 saturated heterocycles. The molecule has 172 valence electrons. The monoisotopic (exact) mass is 444 g/mol. The number of Topliss-reactive ketones (excluding diaryl/α,β-unsaturated/α-hetero) is 2. The van der Waals surface area contributed by atoms with E-state index in [1.807, 2.05) is 6.92 Å². The van der Waals surface area contributed by atoms with Crippen LogP contribution >= 0.6 is 11.8 Å². The van der Waals surface area contributed by atoms with Gasteiger partial charge in [0.1, 0.15) is 6.10 Å². The van der Waals surface area contributed by atoms with Crippen LogP contribution in [-0.4, -0.2) is 75.4 Å². The number of hydrogen-bond donors (Lipinski definition) is 2. The summed E-state index contributed by atoms with van der Waals surface area (Å²) in [5.41, 5.74) is 9.49.